The number of hydrogen-bond donors (Lipinski definition) is 1. The number of rotatable bonds is 3. The number of fused-ring (bicyclic) bond motifs is 1. The highest BCUT2D eigenvalue weighted by molar-refractivity contribution is 7.12. The zero-order valence-electron chi connectivity index (χ0n) is 17.0. The Morgan fingerprint density at radius 3 is 2.50 bits per heavy atom. The minimum Gasteiger partial charge on any atom is -0.438 e. The van der Waals surface area contributed by atoms with Gasteiger partial charge in [0.1, 0.15) is 17.3 Å². The molecule has 0 saturated carbocycles. The summed E-state index contributed by atoms with van der Waals surface area (Å²) in [5.41, 5.74) is 10.1. The summed E-state index contributed by atoms with van der Waals surface area (Å²) in [7, 11) is 2.18. The lowest BCUT2D eigenvalue weighted by atomic mass is 10.2. The lowest BCUT2D eigenvalue weighted by Gasteiger charge is -2.34. The number of nitrogens with zero attached hydrogens (tertiary/aromatic N) is 4. The van der Waals surface area contributed by atoms with E-state index < -0.39 is 0 Å². The molecule has 2 aliphatic heterocycles. The molecule has 2 aromatic carbocycles. The van der Waals surface area contributed by atoms with Crippen LogP contribution >= 0.6 is 11.3 Å². The molecule has 0 bridgehead atoms. The SMILES string of the molecule is CN1CCN(c2ccc(N3CN=C(Oc4cccc(N)c4)c4sccc43)cc2)CC1. The Morgan fingerprint density at radius 2 is 1.73 bits per heavy atom. The second kappa shape index (κ2) is 8.01. The molecule has 3 heterocycles. The number of thiophene rings is 1. The summed E-state index contributed by atoms with van der Waals surface area (Å²) >= 11 is 1.64. The van der Waals surface area contributed by atoms with Crippen LogP contribution in [-0.4, -0.2) is 50.7 Å². The highest BCUT2D eigenvalue weighted by atomic mass is 32.1. The van der Waals surface area contributed by atoms with Crippen LogP contribution in [0.25, 0.3) is 0 Å². The van der Waals surface area contributed by atoms with Gasteiger partial charge in [0, 0.05) is 49.3 Å². The molecular formula is C23H25N5OS. The van der Waals surface area contributed by atoms with Crippen LogP contribution in [0.1, 0.15) is 4.88 Å². The molecule has 0 unspecified atom stereocenters. The zero-order chi connectivity index (χ0) is 20.5. The predicted molar refractivity (Wildman–Crippen MR) is 125 cm³/mol. The first-order chi connectivity index (χ1) is 14.7. The Morgan fingerprint density at radius 1 is 0.967 bits per heavy atom. The number of benzene rings is 2. The molecule has 5 rings (SSSR count). The van der Waals surface area contributed by atoms with Crippen molar-refractivity contribution >= 4 is 40.0 Å². The Hall–Kier alpha value is -3.03. The number of piperazine rings is 1. The summed E-state index contributed by atoms with van der Waals surface area (Å²) in [4.78, 5) is 12.8. The summed E-state index contributed by atoms with van der Waals surface area (Å²) in [6, 6.07) is 18.4. The van der Waals surface area contributed by atoms with Crippen LogP contribution in [0.15, 0.2) is 65.0 Å². The second-order valence-corrected chi connectivity index (χ2v) is 8.57. The van der Waals surface area contributed by atoms with Gasteiger partial charge >= 0.3 is 0 Å². The Bertz CT molecular complexity index is 1050. The topological polar surface area (TPSA) is 57.3 Å². The smallest absolute Gasteiger partial charge is 0.236 e. The number of nitrogen functional groups attached to an aromatic ring is 1. The van der Waals surface area contributed by atoms with Crippen molar-refractivity contribution in [3.63, 3.8) is 0 Å². The molecule has 30 heavy (non-hydrogen) atoms. The number of likely N-dealkylation sites (N-methyl/N-ethyl adjacent to an activating group) is 1. The summed E-state index contributed by atoms with van der Waals surface area (Å²) in [5, 5.41) is 2.08. The minimum absolute atomic E-state index is 0.523. The molecule has 0 radical (unpaired) electrons. The maximum Gasteiger partial charge on any atom is 0.236 e. The van der Waals surface area contributed by atoms with Crippen LogP contribution < -0.4 is 20.3 Å². The molecule has 1 saturated heterocycles. The maximum absolute atomic E-state index is 6.06. The first kappa shape index (κ1) is 19.0. The van der Waals surface area contributed by atoms with Crippen LogP contribution in [0.5, 0.6) is 5.75 Å². The van der Waals surface area contributed by atoms with E-state index in [1.807, 2.05) is 24.3 Å². The third kappa shape index (κ3) is 3.74. The number of nitrogens with two attached hydrogens (primary N) is 1. The molecule has 0 amide bonds. The molecule has 1 aromatic heterocycles. The highest BCUT2D eigenvalue weighted by Crippen LogP contribution is 2.36. The van der Waals surface area contributed by atoms with Crippen molar-refractivity contribution < 1.29 is 4.74 Å². The molecule has 7 heteroatoms. The van der Waals surface area contributed by atoms with Crippen molar-refractivity contribution in [3.05, 3.63) is 64.9 Å². The van der Waals surface area contributed by atoms with Crippen molar-refractivity contribution in [1.29, 1.82) is 0 Å². The van der Waals surface area contributed by atoms with E-state index in [4.69, 9.17) is 15.5 Å². The monoisotopic (exact) mass is 419 g/mol. The van der Waals surface area contributed by atoms with Gasteiger partial charge in [-0.15, -0.1) is 11.3 Å². The first-order valence-electron chi connectivity index (χ1n) is 10.1. The van der Waals surface area contributed by atoms with Crippen LogP contribution in [0.2, 0.25) is 0 Å². The summed E-state index contributed by atoms with van der Waals surface area (Å²) < 4.78 is 6.06. The fourth-order valence-corrected chi connectivity index (χ4v) is 4.69. The van der Waals surface area contributed by atoms with Crippen molar-refractivity contribution in [2.24, 2.45) is 4.99 Å². The van der Waals surface area contributed by atoms with E-state index >= 15 is 0 Å². The molecular weight excluding hydrogens is 394 g/mol. The van der Waals surface area contributed by atoms with Gasteiger partial charge in [-0.05, 0) is 54.9 Å². The van der Waals surface area contributed by atoms with Crippen molar-refractivity contribution in [2.45, 2.75) is 0 Å². The van der Waals surface area contributed by atoms with Gasteiger partial charge in [-0.3, -0.25) is 0 Å². The van der Waals surface area contributed by atoms with E-state index in [1.54, 1.807) is 11.3 Å². The van der Waals surface area contributed by atoms with E-state index in [2.05, 4.69) is 57.5 Å². The second-order valence-electron chi connectivity index (χ2n) is 7.65. The minimum atomic E-state index is 0.523. The predicted octanol–water partition coefficient (Wildman–Crippen LogP) is 4.02. The molecule has 3 aromatic rings. The third-order valence-corrected chi connectivity index (χ3v) is 6.48. The summed E-state index contributed by atoms with van der Waals surface area (Å²) in [6.45, 7) is 4.88. The van der Waals surface area contributed by atoms with Gasteiger partial charge in [-0.25, -0.2) is 4.99 Å². The van der Waals surface area contributed by atoms with Crippen LogP contribution in [0.3, 0.4) is 0 Å². The van der Waals surface area contributed by atoms with Gasteiger partial charge in [0.2, 0.25) is 5.90 Å². The van der Waals surface area contributed by atoms with E-state index in [9.17, 15) is 0 Å². The molecule has 0 spiro atoms. The van der Waals surface area contributed by atoms with E-state index in [-0.39, 0.29) is 0 Å². The zero-order valence-corrected chi connectivity index (χ0v) is 17.8. The van der Waals surface area contributed by atoms with Gasteiger partial charge in [-0.2, -0.15) is 0 Å². The molecule has 0 aliphatic carbocycles. The Kier molecular flexibility index (Phi) is 5.06. The molecule has 154 valence electrons. The van der Waals surface area contributed by atoms with Crippen molar-refractivity contribution in [2.75, 3.05) is 55.4 Å². The maximum atomic E-state index is 6.06. The molecule has 6 nitrogen and oxygen atoms in total. The number of hydrogen-bond acceptors (Lipinski definition) is 7. The average molecular weight is 420 g/mol. The molecule has 2 N–H and O–H groups in total. The van der Waals surface area contributed by atoms with Gasteiger partial charge < -0.3 is 25.2 Å². The van der Waals surface area contributed by atoms with Gasteiger partial charge in [-0.1, -0.05) is 6.07 Å². The van der Waals surface area contributed by atoms with Crippen molar-refractivity contribution in [3.8, 4) is 5.75 Å². The van der Waals surface area contributed by atoms with E-state index in [1.165, 1.54) is 5.69 Å². The normalized spacial score (nSPS) is 16.9. The third-order valence-electron chi connectivity index (χ3n) is 5.59. The molecule has 1 fully saturated rings. The quantitative estimate of drug-likeness (QED) is 0.650. The largest absolute Gasteiger partial charge is 0.438 e. The average Bonchev–Trinajstić information content (AvgIpc) is 3.25. The van der Waals surface area contributed by atoms with Crippen LogP contribution in [0, 0.1) is 0 Å². The van der Waals surface area contributed by atoms with E-state index in [0.717, 1.165) is 42.4 Å². The standard InChI is InChI=1S/C23H25N5OS/c1-26-10-12-27(13-11-26)18-5-7-19(8-6-18)28-16-25-23(22-21(28)9-14-30-22)29-20-4-2-3-17(24)15-20/h2-9,14-15H,10-13,16,24H2,1H3. The molecule has 0 atom stereocenters. The number of anilines is 4. The lowest BCUT2D eigenvalue weighted by Crippen LogP contribution is -2.44. The van der Waals surface area contributed by atoms with Gasteiger partial charge in [0.25, 0.3) is 0 Å². The van der Waals surface area contributed by atoms with E-state index in [0.29, 0.717) is 24.0 Å². The first-order valence-corrected chi connectivity index (χ1v) is 11.0. The summed E-state index contributed by atoms with van der Waals surface area (Å²) in [6.07, 6.45) is 0. The Balaban J connectivity index is 1.35. The number of ether oxygens (including phenoxy) is 1. The lowest BCUT2D eigenvalue weighted by molar-refractivity contribution is 0.313. The van der Waals surface area contributed by atoms with Crippen LogP contribution in [0.4, 0.5) is 22.7 Å². The fourth-order valence-electron chi connectivity index (χ4n) is 3.86. The fraction of sp³-hybridized carbons (Fsp3) is 0.261. The molecule has 2 aliphatic rings. The van der Waals surface area contributed by atoms with Crippen LogP contribution in [-0.2, 0) is 0 Å². The Labute approximate surface area is 180 Å². The van der Waals surface area contributed by atoms with Gasteiger partial charge in [0.15, 0.2) is 0 Å². The highest BCUT2D eigenvalue weighted by Gasteiger charge is 2.24. The van der Waals surface area contributed by atoms with Gasteiger partial charge in [0.05, 0.1) is 5.69 Å². The summed E-state index contributed by atoms with van der Waals surface area (Å²) in [5.74, 6) is 1.36. The van der Waals surface area contributed by atoms with Crippen molar-refractivity contribution in [1.82, 2.24) is 4.90 Å². The number of aliphatic imine (C=N–C) groups is 1.